The molecule has 2 atom stereocenters. The lowest BCUT2D eigenvalue weighted by molar-refractivity contribution is -0.134. The molecule has 2 fully saturated rings. The molecule has 3 heterocycles. The standard InChI is InChI=1S/C27H28F5N5O/c1-15-6-16(33)14-37(13-15)24-4-5-34-12-23(24)35-11-17-2-3-20(28)26(36-17)25-21(29)7-18(8-22(25)30)38-19-9-27(31,32)10-19/h2-5,7-8,12,15-16,19,35H,6,9-11,13-14,33H2,1H3/t15-,16+/m1/s1. The molecule has 0 bridgehead atoms. The molecule has 11 heteroatoms. The Morgan fingerprint density at radius 1 is 1.08 bits per heavy atom. The molecule has 1 aliphatic carbocycles. The molecule has 0 spiro atoms. The molecule has 1 aromatic carbocycles. The van der Waals surface area contributed by atoms with Gasteiger partial charge >= 0.3 is 0 Å². The van der Waals surface area contributed by atoms with Crippen molar-refractivity contribution in [1.82, 2.24) is 9.97 Å². The van der Waals surface area contributed by atoms with Gasteiger partial charge in [0.05, 0.1) is 35.4 Å². The van der Waals surface area contributed by atoms with Gasteiger partial charge in [-0.1, -0.05) is 6.92 Å². The summed E-state index contributed by atoms with van der Waals surface area (Å²) in [4.78, 5) is 10.5. The Morgan fingerprint density at radius 3 is 2.50 bits per heavy atom. The van der Waals surface area contributed by atoms with E-state index in [1.54, 1.807) is 12.4 Å². The van der Waals surface area contributed by atoms with Crippen LogP contribution in [0.5, 0.6) is 5.75 Å². The van der Waals surface area contributed by atoms with E-state index in [1.807, 2.05) is 6.07 Å². The molecule has 1 saturated carbocycles. The third-order valence-corrected chi connectivity index (χ3v) is 6.80. The minimum absolute atomic E-state index is 0.0531. The van der Waals surface area contributed by atoms with Crippen LogP contribution in [0.4, 0.5) is 33.3 Å². The number of anilines is 2. The number of hydrogen-bond donors (Lipinski definition) is 2. The van der Waals surface area contributed by atoms with E-state index in [2.05, 4.69) is 27.1 Å². The number of nitrogens with two attached hydrogens (primary N) is 1. The number of pyridine rings is 2. The SMILES string of the molecule is C[C@@H]1C[C@H](N)CN(c2ccncc2NCc2ccc(F)c(-c3c(F)cc(OC4CC(F)(F)C4)cc3F)n2)C1. The van der Waals surface area contributed by atoms with Gasteiger partial charge in [0.15, 0.2) is 0 Å². The van der Waals surface area contributed by atoms with Gasteiger partial charge in [-0.15, -0.1) is 0 Å². The first-order chi connectivity index (χ1) is 18.1. The van der Waals surface area contributed by atoms with Crippen LogP contribution in [0.2, 0.25) is 0 Å². The first-order valence-electron chi connectivity index (χ1n) is 12.5. The Balaban J connectivity index is 1.34. The van der Waals surface area contributed by atoms with Crippen molar-refractivity contribution in [2.45, 2.75) is 50.8 Å². The molecule has 2 aliphatic rings. The van der Waals surface area contributed by atoms with Crippen LogP contribution in [0.15, 0.2) is 42.7 Å². The Morgan fingerprint density at radius 2 is 1.82 bits per heavy atom. The van der Waals surface area contributed by atoms with E-state index in [1.165, 1.54) is 6.07 Å². The molecule has 0 amide bonds. The molecular formula is C27H28F5N5O. The molecule has 1 saturated heterocycles. The maximum Gasteiger partial charge on any atom is 0.255 e. The third kappa shape index (κ3) is 5.67. The average molecular weight is 534 g/mol. The van der Waals surface area contributed by atoms with E-state index in [9.17, 15) is 22.0 Å². The number of hydrogen-bond acceptors (Lipinski definition) is 6. The number of alkyl halides is 2. The van der Waals surface area contributed by atoms with Crippen LogP contribution in [-0.4, -0.2) is 41.1 Å². The summed E-state index contributed by atoms with van der Waals surface area (Å²) in [5.41, 5.74) is 7.04. The highest BCUT2D eigenvalue weighted by Gasteiger charge is 2.47. The second kappa shape index (κ2) is 10.4. The predicted molar refractivity (Wildman–Crippen MR) is 134 cm³/mol. The van der Waals surface area contributed by atoms with Crippen molar-refractivity contribution in [3.8, 4) is 17.0 Å². The second-order valence-corrected chi connectivity index (χ2v) is 10.2. The quantitative estimate of drug-likeness (QED) is 0.390. The predicted octanol–water partition coefficient (Wildman–Crippen LogP) is 5.52. The lowest BCUT2D eigenvalue weighted by atomic mass is 9.91. The zero-order chi connectivity index (χ0) is 27.0. The third-order valence-electron chi connectivity index (χ3n) is 6.80. The number of piperidine rings is 1. The fraction of sp³-hybridized carbons (Fsp3) is 0.407. The Kier molecular flexibility index (Phi) is 7.13. The number of aromatic nitrogens is 2. The zero-order valence-corrected chi connectivity index (χ0v) is 20.7. The minimum Gasteiger partial charge on any atom is -0.490 e. The van der Waals surface area contributed by atoms with Crippen LogP contribution in [-0.2, 0) is 6.54 Å². The largest absolute Gasteiger partial charge is 0.490 e. The molecule has 5 rings (SSSR count). The lowest BCUT2D eigenvalue weighted by Crippen LogP contribution is -2.46. The summed E-state index contributed by atoms with van der Waals surface area (Å²) in [7, 11) is 0. The maximum atomic E-state index is 14.9. The molecule has 2 aromatic heterocycles. The van der Waals surface area contributed by atoms with Crippen molar-refractivity contribution < 1.29 is 26.7 Å². The van der Waals surface area contributed by atoms with Crippen molar-refractivity contribution in [3.63, 3.8) is 0 Å². The van der Waals surface area contributed by atoms with Gasteiger partial charge in [0.2, 0.25) is 0 Å². The minimum atomic E-state index is -2.83. The van der Waals surface area contributed by atoms with Crippen LogP contribution < -0.4 is 20.7 Å². The monoisotopic (exact) mass is 533 g/mol. The summed E-state index contributed by atoms with van der Waals surface area (Å²) in [5.74, 6) is -5.76. The molecule has 1 aliphatic heterocycles. The van der Waals surface area contributed by atoms with E-state index in [4.69, 9.17) is 10.5 Å². The topological polar surface area (TPSA) is 76.3 Å². The molecule has 6 nitrogen and oxygen atoms in total. The number of benzene rings is 1. The van der Waals surface area contributed by atoms with Gasteiger partial charge in [-0.25, -0.2) is 26.9 Å². The highest BCUT2D eigenvalue weighted by Crippen LogP contribution is 2.40. The van der Waals surface area contributed by atoms with Crippen molar-refractivity contribution in [2.24, 2.45) is 11.7 Å². The molecular weight excluding hydrogens is 505 g/mol. The number of halogens is 5. The molecule has 38 heavy (non-hydrogen) atoms. The molecule has 3 aromatic rings. The smallest absolute Gasteiger partial charge is 0.255 e. The highest BCUT2D eigenvalue weighted by atomic mass is 19.3. The van der Waals surface area contributed by atoms with Crippen LogP contribution >= 0.6 is 0 Å². The first kappa shape index (κ1) is 26.1. The Hall–Kier alpha value is -3.47. The van der Waals surface area contributed by atoms with Gasteiger partial charge in [-0.3, -0.25) is 4.98 Å². The summed E-state index contributed by atoms with van der Waals surface area (Å²) >= 11 is 0. The van der Waals surface area contributed by atoms with Crippen molar-refractivity contribution in [3.05, 3.63) is 65.9 Å². The van der Waals surface area contributed by atoms with Gasteiger partial charge < -0.3 is 20.7 Å². The Bertz CT molecular complexity index is 1280. The molecule has 0 radical (unpaired) electrons. The summed E-state index contributed by atoms with van der Waals surface area (Å²) in [6.07, 6.45) is 2.43. The van der Waals surface area contributed by atoms with Gasteiger partial charge in [0.1, 0.15) is 35.0 Å². The number of nitrogens with zero attached hydrogens (tertiary/aromatic N) is 3. The van der Waals surface area contributed by atoms with Crippen molar-refractivity contribution in [2.75, 3.05) is 23.3 Å². The van der Waals surface area contributed by atoms with Gasteiger partial charge in [0, 0.05) is 50.3 Å². The molecule has 0 unspecified atom stereocenters. The second-order valence-electron chi connectivity index (χ2n) is 10.2. The summed E-state index contributed by atoms with van der Waals surface area (Å²) in [6, 6.07) is 6.16. The van der Waals surface area contributed by atoms with Gasteiger partial charge in [-0.05, 0) is 30.5 Å². The molecule has 3 N–H and O–H groups in total. The van der Waals surface area contributed by atoms with Crippen LogP contribution in [0.1, 0.15) is 31.9 Å². The Labute approximate surface area is 217 Å². The van der Waals surface area contributed by atoms with E-state index < -0.39 is 53.6 Å². The molecule has 202 valence electrons. The van der Waals surface area contributed by atoms with Gasteiger partial charge in [0.25, 0.3) is 5.92 Å². The van der Waals surface area contributed by atoms with Crippen LogP contribution in [0, 0.1) is 23.4 Å². The van der Waals surface area contributed by atoms with E-state index >= 15 is 0 Å². The fourth-order valence-electron chi connectivity index (χ4n) is 5.06. The fourth-order valence-corrected chi connectivity index (χ4v) is 5.06. The van der Waals surface area contributed by atoms with Crippen molar-refractivity contribution >= 4 is 11.4 Å². The summed E-state index contributed by atoms with van der Waals surface area (Å²) in [5, 5.41) is 3.24. The normalized spacial score (nSPS) is 21.2. The van der Waals surface area contributed by atoms with E-state index in [0.717, 1.165) is 42.5 Å². The first-order valence-corrected chi connectivity index (χ1v) is 12.5. The maximum absolute atomic E-state index is 14.9. The van der Waals surface area contributed by atoms with Crippen molar-refractivity contribution in [1.29, 1.82) is 0 Å². The van der Waals surface area contributed by atoms with Gasteiger partial charge in [-0.2, -0.15) is 0 Å². The highest BCUT2D eigenvalue weighted by molar-refractivity contribution is 5.69. The number of ether oxygens (including phenoxy) is 1. The zero-order valence-electron chi connectivity index (χ0n) is 20.7. The number of rotatable bonds is 7. The number of nitrogens with one attached hydrogen (secondary N) is 1. The summed E-state index contributed by atoms with van der Waals surface area (Å²) < 4.78 is 75.8. The lowest BCUT2D eigenvalue weighted by Gasteiger charge is -2.37. The van der Waals surface area contributed by atoms with E-state index in [0.29, 0.717) is 18.2 Å². The van der Waals surface area contributed by atoms with Crippen LogP contribution in [0.3, 0.4) is 0 Å². The van der Waals surface area contributed by atoms with E-state index in [-0.39, 0.29) is 18.3 Å². The summed E-state index contributed by atoms with van der Waals surface area (Å²) in [6.45, 7) is 3.82. The average Bonchev–Trinajstić information content (AvgIpc) is 2.82. The van der Waals surface area contributed by atoms with Crippen LogP contribution in [0.25, 0.3) is 11.3 Å².